The highest BCUT2D eigenvalue weighted by Gasteiger charge is 2.23. The number of hydrogen-bond donors (Lipinski definition) is 1. The minimum absolute atomic E-state index is 0.0406. The second-order valence-corrected chi connectivity index (χ2v) is 6.60. The van der Waals surface area contributed by atoms with Crippen molar-refractivity contribution in [3.63, 3.8) is 0 Å². The number of aryl methyl sites for hydroxylation is 1. The quantitative estimate of drug-likeness (QED) is 0.870. The first-order valence-electron chi connectivity index (χ1n) is 7.45. The molecule has 4 heteroatoms. The van der Waals surface area contributed by atoms with Crippen molar-refractivity contribution in [2.45, 2.75) is 39.0 Å². The lowest BCUT2D eigenvalue weighted by atomic mass is 9.91. The molecular weight excluding hydrogens is 260 g/mol. The van der Waals surface area contributed by atoms with E-state index >= 15 is 0 Å². The van der Waals surface area contributed by atoms with Crippen molar-refractivity contribution in [1.82, 2.24) is 9.97 Å². The minimum Gasteiger partial charge on any atom is -0.368 e. The SMILES string of the molecule is CC(C)(C)c1cc(N2CCCc3ccccc32)nc(N)n1. The van der Waals surface area contributed by atoms with Gasteiger partial charge >= 0.3 is 0 Å². The van der Waals surface area contributed by atoms with Gasteiger partial charge in [-0.15, -0.1) is 0 Å². The Morgan fingerprint density at radius 1 is 1.14 bits per heavy atom. The van der Waals surface area contributed by atoms with Gasteiger partial charge in [-0.1, -0.05) is 39.0 Å². The fourth-order valence-corrected chi connectivity index (χ4v) is 2.75. The van der Waals surface area contributed by atoms with Crippen LogP contribution in [0.4, 0.5) is 17.5 Å². The topological polar surface area (TPSA) is 55.0 Å². The van der Waals surface area contributed by atoms with Gasteiger partial charge in [0.25, 0.3) is 0 Å². The number of benzene rings is 1. The number of rotatable bonds is 1. The molecule has 110 valence electrons. The summed E-state index contributed by atoms with van der Waals surface area (Å²) in [5.41, 5.74) is 9.48. The lowest BCUT2D eigenvalue weighted by Gasteiger charge is -2.31. The highest BCUT2D eigenvalue weighted by atomic mass is 15.2. The van der Waals surface area contributed by atoms with E-state index < -0.39 is 0 Å². The van der Waals surface area contributed by atoms with Crippen LogP contribution in [0.1, 0.15) is 38.4 Å². The summed E-state index contributed by atoms with van der Waals surface area (Å²) in [4.78, 5) is 11.1. The smallest absolute Gasteiger partial charge is 0.222 e. The second kappa shape index (κ2) is 5.02. The lowest BCUT2D eigenvalue weighted by Crippen LogP contribution is -2.26. The summed E-state index contributed by atoms with van der Waals surface area (Å²) >= 11 is 0. The predicted octanol–water partition coefficient (Wildman–Crippen LogP) is 3.44. The minimum atomic E-state index is -0.0406. The first-order valence-corrected chi connectivity index (χ1v) is 7.45. The molecule has 1 aliphatic rings. The summed E-state index contributed by atoms with van der Waals surface area (Å²) in [6, 6.07) is 10.6. The monoisotopic (exact) mass is 282 g/mol. The lowest BCUT2D eigenvalue weighted by molar-refractivity contribution is 0.567. The number of fused-ring (bicyclic) bond motifs is 1. The first-order chi connectivity index (χ1) is 9.95. The molecule has 0 fully saturated rings. The largest absolute Gasteiger partial charge is 0.368 e. The van der Waals surface area contributed by atoms with Gasteiger partial charge in [-0.3, -0.25) is 0 Å². The summed E-state index contributed by atoms with van der Waals surface area (Å²) in [5, 5.41) is 0. The van der Waals surface area contributed by atoms with Crippen LogP contribution in [0.5, 0.6) is 0 Å². The van der Waals surface area contributed by atoms with Crippen LogP contribution in [-0.4, -0.2) is 16.5 Å². The van der Waals surface area contributed by atoms with Crippen LogP contribution in [-0.2, 0) is 11.8 Å². The molecule has 3 rings (SSSR count). The summed E-state index contributed by atoms with van der Waals surface area (Å²) in [6.45, 7) is 7.39. The van der Waals surface area contributed by atoms with Crippen molar-refractivity contribution < 1.29 is 0 Å². The van der Waals surface area contributed by atoms with Crippen LogP contribution in [0.2, 0.25) is 0 Å². The molecule has 0 saturated carbocycles. The van der Waals surface area contributed by atoms with E-state index in [1.54, 1.807) is 0 Å². The van der Waals surface area contributed by atoms with Crippen molar-refractivity contribution >= 4 is 17.5 Å². The molecule has 1 aromatic carbocycles. The number of anilines is 3. The molecule has 0 aliphatic carbocycles. The molecule has 21 heavy (non-hydrogen) atoms. The van der Waals surface area contributed by atoms with E-state index in [0.29, 0.717) is 5.95 Å². The molecule has 1 aromatic heterocycles. The Labute approximate surface area is 126 Å². The molecule has 0 radical (unpaired) electrons. The Kier molecular flexibility index (Phi) is 3.32. The van der Waals surface area contributed by atoms with Gasteiger partial charge in [-0.05, 0) is 24.5 Å². The van der Waals surface area contributed by atoms with Gasteiger partial charge in [0.2, 0.25) is 5.95 Å². The van der Waals surface area contributed by atoms with Crippen LogP contribution < -0.4 is 10.6 Å². The van der Waals surface area contributed by atoms with Gasteiger partial charge in [-0.25, -0.2) is 4.98 Å². The number of aromatic nitrogens is 2. The van der Waals surface area contributed by atoms with Gasteiger partial charge in [0.15, 0.2) is 0 Å². The van der Waals surface area contributed by atoms with Gasteiger partial charge < -0.3 is 10.6 Å². The molecule has 0 unspecified atom stereocenters. The number of hydrogen-bond acceptors (Lipinski definition) is 4. The van der Waals surface area contributed by atoms with Crippen molar-refractivity contribution in [3.05, 3.63) is 41.6 Å². The van der Waals surface area contributed by atoms with Gasteiger partial charge in [0.05, 0.1) is 5.69 Å². The zero-order valence-electron chi connectivity index (χ0n) is 12.9. The van der Waals surface area contributed by atoms with Crippen LogP contribution >= 0.6 is 0 Å². The fraction of sp³-hybridized carbons (Fsp3) is 0.412. The Morgan fingerprint density at radius 2 is 1.90 bits per heavy atom. The van der Waals surface area contributed by atoms with Crippen LogP contribution in [0.3, 0.4) is 0 Å². The Balaban J connectivity index is 2.08. The predicted molar refractivity (Wildman–Crippen MR) is 86.9 cm³/mol. The van der Waals surface area contributed by atoms with Crippen molar-refractivity contribution in [2.24, 2.45) is 0 Å². The summed E-state index contributed by atoms with van der Waals surface area (Å²) in [7, 11) is 0. The third-order valence-electron chi connectivity index (χ3n) is 3.89. The van der Waals surface area contributed by atoms with E-state index in [2.05, 4.69) is 66.0 Å². The van der Waals surface area contributed by atoms with Crippen LogP contribution in [0.25, 0.3) is 0 Å². The molecular formula is C17H22N4. The molecule has 1 aliphatic heterocycles. The number of para-hydroxylation sites is 1. The summed E-state index contributed by atoms with van der Waals surface area (Å²) in [5.74, 6) is 1.25. The van der Waals surface area contributed by atoms with E-state index in [-0.39, 0.29) is 5.41 Å². The number of nitrogen functional groups attached to an aromatic ring is 1. The third kappa shape index (κ3) is 2.71. The summed E-state index contributed by atoms with van der Waals surface area (Å²) in [6.07, 6.45) is 2.26. The Bertz CT molecular complexity index is 658. The summed E-state index contributed by atoms with van der Waals surface area (Å²) < 4.78 is 0. The average molecular weight is 282 g/mol. The third-order valence-corrected chi connectivity index (χ3v) is 3.89. The molecule has 4 nitrogen and oxygen atoms in total. The zero-order valence-corrected chi connectivity index (χ0v) is 12.9. The van der Waals surface area contributed by atoms with Crippen LogP contribution in [0.15, 0.2) is 30.3 Å². The highest BCUT2D eigenvalue weighted by molar-refractivity contribution is 5.66. The second-order valence-electron chi connectivity index (χ2n) is 6.60. The molecule has 0 spiro atoms. The van der Waals surface area contributed by atoms with Crippen molar-refractivity contribution in [2.75, 3.05) is 17.2 Å². The Hall–Kier alpha value is -2.10. The Morgan fingerprint density at radius 3 is 2.67 bits per heavy atom. The maximum atomic E-state index is 5.93. The van der Waals surface area contributed by atoms with Crippen LogP contribution in [0, 0.1) is 0 Å². The van der Waals surface area contributed by atoms with Gasteiger partial charge in [-0.2, -0.15) is 4.98 Å². The number of nitrogens with two attached hydrogens (primary N) is 1. The molecule has 0 atom stereocenters. The van der Waals surface area contributed by atoms with Gasteiger partial charge in [0.1, 0.15) is 5.82 Å². The van der Waals surface area contributed by atoms with Crippen molar-refractivity contribution in [1.29, 1.82) is 0 Å². The maximum Gasteiger partial charge on any atom is 0.222 e. The maximum absolute atomic E-state index is 5.93. The fourth-order valence-electron chi connectivity index (χ4n) is 2.75. The molecule has 0 bridgehead atoms. The molecule has 2 N–H and O–H groups in total. The standard InChI is InChI=1S/C17H22N4/c1-17(2,3)14-11-15(20-16(18)19-14)21-10-6-8-12-7-4-5-9-13(12)21/h4-5,7,9,11H,6,8,10H2,1-3H3,(H2,18,19,20). The van der Waals surface area contributed by atoms with Gasteiger partial charge in [0, 0.05) is 23.7 Å². The van der Waals surface area contributed by atoms with E-state index in [4.69, 9.17) is 5.73 Å². The van der Waals surface area contributed by atoms with E-state index in [9.17, 15) is 0 Å². The van der Waals surface area contributed by atoms with E-state index in [0.717, 1.165) is 30.9 Å². The molecule has 0 saturated heterocycles. The van der Waals surface area contributed by atoms with E-state index in [1.165, 1.54) is 11.3 Å². The normalized spacial score (nSPS) is 14.9. The average Bonchev–Trinajstić information content (AvgIpc) is 2.45. The zero-order chi connectivity index (χ0) is 15.0. The molecule has 2 heterocycles. The highest BCUT2D eigenvalue weighted by Crippen LogP contribution is 2.34. The van der Waals surface area contributed by atoms with Crippen molar-refractivity contribution in [3.8, 4) is 0 Å². The first kappa shape index (κ1) is 13.9. The molecule has 0 amide bonds. The van der Waals surface area contributed by atoms with E-state index in [1.807, 2.05) is 0 Å². The molecule has 2 aromatic rings. The number of nitrogens with zero attached hydrogens (tertiary/aromatic N) is 3.